The van der Waals surface area contributed by atoms with E-state index in [9.17, 15) is 14.0 Å². The van der Waals surface area contributed by atoms with Crippen LogP contribution < -0.4 is 10.6 Å². The minimum Gasteiger partial charge on any atom is -0.354 e. The van der Waals surface area contributed by atoms with Gasteiger partial charge in [0.15, 0.2) is 0 Å². The molecule has 2 rings (SSSR count). The lowest BCUT2D eigenvalue weighted by Gasteiger charge is -2.07. The summed E-state index contributed by atoms with van der Waals surface area (Å²) in [5.41, 5.74) is 1.94. The molecule has 0 aliphatic rings. The highest BCUT2D eigenvalue weighted by Crippen LogP contribution is 2.03. The number of carbonyl (C=O) groups excluding carboxylic acids is 2. The van der Waals surface area contributed by atoms with Gasteiger partial charge in [0.1, 0.15) is 11.5 Å². The highest BCUT2D eigenvalue weighted by molar-refractivity contribution is 5.95. The van der Waals surface area contributed by atoms with Gasteiger partial charge in [0.25, 0.3) is 5.91 Å². The second-order valence-electron chi connectivity index (χ2n) is 5.21. The average Bonchev–Trinajstić information content (AvgIpc) is 2.84. The number of nitrogens with zero attached hydrogens (tertiary/aromatic N) is 2. The van der Waals surface area contributed by atoms with Crippen LogP contribution in [0.1, 0.15) is 21.7 Å². The number of hydrogen-bond donors (Lipinski definition) is 2. The maximum atomic E-state index is 13.0. The van der Waals surface area contributed by atoms with Crippen molar-refractivity contribution in [3.63, 3.8) is 0 Å². The van der Waals surface area contributed by atoms with Gasteiger partial charge in [-0.1, -0.05) is 12.1 Å². The predicted octanol–water partition coefficient (Wildman–Crippen LogP) is 0.956. The summed E-state index contributed by atoms with van der Waals surface area (Å²) in [6.07, 6.45) is 0.526. The fourth-order valence-corrected chi connectivity index (χ4v) is 2.18. The number of aromatic nitrogens is 2. The third-order valence-corrected chi connectivity index (χ3v) is 3.27. The summed E-state index contributed by atoms with van der Waals surface area (Å²) in [7, 11) is 1.67. The first kappa shape index (κ1) is 16.7. The van der Waals surface area contributed by atoms with E-state index in [1.807, 2.05) is 0 Å². The van der Waals surface area contributed by atoms with Gasteiger partial charge in [-0.05, 0) is 37.1 Å². The van der Waals surface area contributed by atoms with Gasteiger partial charge in [-0.25, -0.2) is 4.39 Å². The number of benzene rings is 1. The van der Waals surface area contributed by atoms with Crippen LogP contribution in [0.3, 0.4) is 0 Å². The van der Waals surface area contributed by atoms with Gasteiger partial charge >= 0.3 is 0 Å². The van der Waals surface area contributed by atoms with Crippen LogP contribution in [0.25, 0.3) is 0 Å². The molecule has 0 aliphatic heterocycles. The Balaban J connectivity index is 1.73. The second-order valence-corrected chi connectivity index (χ2v) is 5.21. The minimum atomic E-state index is -0.353. The zero-order chi connectivity index (χ0) is 16.8. The molecule has 2 aromatic rings. The molecule has 0 unspecified atom stereocenters. The van der Waals surface area contributed by atoms with Crippen molar-refractivity contribution in [3.05, 3.63) is 53.1 Å². The van der Waals surface area contributed by atoms with Gasteiger partial charge in [-0.2, -0.15) is 5.10 Å². The Hall–Kier alpha value is -2.70. The Morgan fingerprint density at radius 3 is 2.70 bits per heavy atom. The third-order valence-electron chi connectivity index (χ3n) is 3.27. The van der Waals surface area contributed by atoms with Gasteiger partial charge in [-0.3, -0.25) is 14.3 Å². The summed E-state index contributed by atoms with van der Waals surface area (Å²) in [6.45, 7) is 2.05. The average molecular weight is 318 g/mol. The van der Waals surface area contributed by atoms with Crippen LogP contribution in [0.5, 0.6) is 0 Å². The van der Waals surface area contributed by atoms with E-state index < -0.39 is 0 Å². The smallest absolute Gasteiger partial charge is 0.269 e. The van der Waals surface area contributed by atoms with Crippen molar-refractivity contribution < 1.29 is 14.0 Å². The van der Waals surface area contributed by atoms with Crippen LogP contribution in [-0.4, -0.2) is 34.7 Å². The molecular weight excluding hydrogens is 299 g/mol. The first-order valence-electron chi connectivity index (χ1n) is 7.25. The molecule has 0 radical (unpaired) electrons. The van der Waals surface area contributed by atoms with Gasteiger partial charge in [0.05, 0.1) is 12.2 Å². The molecule has 2 N–H and O–H groups in total. The van der Waals surface area contributed by atoms with Crippen LogP contribution in [0.4, 0.5) is 4.39 Å². The second kappa shape index (κ2) is 7.53. The maximum absolute atomic E-state index is 13.0. The molecule has 0 atom stereocenters. The van der Waals surface area contributed by atoms with Crippen LogP contribution in [-0.2, 0) is 18.3 Å². The van der Waals surface area contributed by atoms with E-state index in [0.717, 1.165) is 11.3 Å². The Bertz CT molecular complexity index is 712. The van der Waals surface area contributed by atoms with E-state index in [4.69, 9.17) is 0 Å². The van der Waals surface area contributed by atoms with Crippen LogP contribution in [0, 0.1) is 12.7 Å². The predicted molar refractivity (Wildman–Crippen MR) is 83.4 cm³/mol. The molecule has 1 heterocycles. The van der Waals surface area contributed by atoms with Crippen LogP contribution in [0.15, 0.2) is 30.3 Å². The van der Waals surface area contributed by atoms with Gasteiger partial charge in [0.2, 0.25) is 5.91 Å². The monoisotopic (exact) mass is 318 g/mol. The SMILES string of the molecule is Cc1cc(C(=O)NCC(=O)NCCc2cccc(F)c2)n(C)n1. The van der Waals surface area contributed by atoms with E-state index in [0.29, 0.717) is 18.7 Å². The van der Waals surface area contributed by atoms with Gasteiger partial charge in [0, 0.05) is 13.6 Å². The summed E-state index contributed by atoms with van der Waals surface area (Å²) in [4.78, 5) is 23.6. The normalized spacial score (nSPS) is 10.4. The lowest BCUT2D eigenvalue weighted by molar-refractivity contribution is -0.120. The quantitative estimate of drug-likeness (QED) is 0.833. The first-order valence-corrected chi connectivity index (χ1v) is 7.25. The minimum absolute atomic E-state index is 0.119. The van der Waals surface area contributed by atoms with Crippen LogP contribution >= 0.6 is 0 Å². The number of hydrogen-bond acceptors (Lipinski definition) is 3. The molecule has 0 saturated carbocycles. The maximum Gasteiger partial charge on any atom is 0.269 e. The number of halogens is 1. The van der Waals surface area contributed by atoms with E-state index in [-0.39, 0.29) is 24.2 Å². The zero-order valence-corrected chi connectivity index (χ0v) is 13.1. The van der Waals surface area contributed by atoms with E-state index in [1.165, 1.54) is 16.8 Å². The molecule has 0 aliphatic carbocycles. The third kappa shape index (κ3) is 4.91. The topological polar surface area (TPSA) is 76.0 Å². The summed E-state index contributed by atoms with van der Waals surface area (Å²) < 4.78 is 14.5. The van der Waals surface area contributed by atoms with E-state index in [2.05, 4.69) is 15.7 Å². The molecular formula is C16H19FN4O2. The Labute approximate surface area is 133 Å². The molecule has 122 valence electrons. The number of carbonyl (C=O) groups is 2. The van der Waals surface area contributed by atoms with Gasteiger partial charge < -0.3 is 10.6 Å². The lowest BCUT2D eigenvalue weighted by atomic mass is 10.1. The largest absolute Gasteiger partial charge is 0.354 e. The number of aryl methyl sites for hydroxylation is 2. The molecule has 23 heavy (non-hydrogen) atoms. The standard InChI is InChI=1S/C16H19FN4O2/c1-11-8-14(21(2)20-11)16(23)19-10-15(22)18-7-6-12-4-3-5-13(17)9-12/h3-5,8-9H,6-7,10H2,1-2H3,(H,18,22)(H,19,23). The number of nitrogens with one attached hydrogen (secondary N) is 2. The molecule has 6 nitrogen and oxygen atoms in total. The van der Waals surface area contributed by atoms with Crippen molar-refractivity contribution in [2.45, 2.75) is 13.3 Å². The van der Waals surface area contributed by atoms with Crippen molar-refractivity contribution in [2.75, 3.05) is 13.1 Å². The molecule has 0 bridgehead atoms. The molecule has 0 spiro atoms. The van der Waals surface area contributed by atoms with Crippen molar-refractivity contribution >= 4 is 11.8 Å². The summed E-state index contributed by atoms with van der Waals surface area (Å²) in [5, 5.41) is 9.29. The molecule has 2 amide bonds. The Kier molecular flexibility index (Phi) is 5.46. The van der Waals surface area contributed by atoms with Crippen molar-refractivity contribution in [3.8, 4) is 0 Å². The van der Waals surface area contributed by atoms with E-state index >= 15 is 0 Å². The first-order chi connectivity index (χ1) is 11.0. The van der Waals surface area contributed by atoms with Crippen LogP contribution in [0.2, 0.25) is 0 Å². The fourth-order valence-electron chi connectivity index (χ4n) is 2.18. The number of rotatable bonds is 6. The molecule has 1 aromatic heterocycles. The molecule has 7 heteroatoms. The summed E-state index contributed by atoms with van der Waals surface area (Å²) in [6, 6.07) is 7.87. The Morgan fingerprint density at radius 1 is 1.26 bits per heavy atom. The molecule has 0 saturated heterocycles. The Morgan fingerprint density at radius 2 is 2.04 bits per heavy atom. The fraction of sp³-hybridized carbons (Fsp3) is 0.312. The zero-order valence-electron chi connectivity index (χ0n) is 13.1. The molecule has 1 aromatic carbocycles. The molecule has 0 fully saturated rings. The van der Waals surface area contributed by atoms with Crippen molar-refractivity contribution in [1.29, 1.82) is 0 Å². The van der Waals surface area contributed by atoms with Crippen molar-refractivity contribution in [1.82, 2.24) is 20.4 Å². The highest BCUT2D eigenvalue weighted by Gasteiger charge is 2.12. The van der Waals surface area contributed by atoms with Gasteiger partial charge in [-0.15, -0.1) is 0 Å². The lowest BCUT2D eigenvalue weighted by Crippen LogP contribution is -2.38. The number of amides is 2. The summed E-state index contributed by atoms with van der Waals surface area (Å²) >= 11 is 0. The van der Waals surface area contributed by atoms with E-state index in [1.54, 1.807) is 32.2 Å². The van der Waals surface area contributed by atoms with Crippen molar-refractivity contribution in [2.24, 2.45) is 7.05 Å². The highest BCUT2D eigenvalue weighted by atomic mass is 19.1. The summed E-state index contributed by atoms with van der Waals surface area (Å²) in [5.74, 6) is -0.949.